The highest BCUT2D eigenvalue weighted by Gasteiger charge is 2.37. The summed E-state index contributed by atoms with van der Waals surface area (Å²) in [6.45, 7) is 2.40. The molecule has 0 aromatic heterocycles. The second-order valence-electron chi connectivity index (χ2n) is 1.93. The maximum Gasteiger partial charge on any atom is 0.317 e. The number of esters is 2. The molecule has 1 saturated heterocycles. The Morgan fingerprint density at radius 3 is 1.78 bits per heavy atom. The van der Waals surface area contributed by atoms with E-state index in [9.17, 15) is 9.59 Å². The van der Waals surface area contributed by atoms with Crippen molar-refractivity contribution in [3.63, 3.8) is 0 Å². The lowest BCUT2D eigenvalue weighted by Gasteiger charge is -1.96. The lowest BCUT2D eigenvalue weighted by molar-refractivity contribution is -0.153. The van der Waals surface area contributed by atoms with Gasteiger partial charge in [-0.1, -0.05) is 13.8 Å². The third-order valence-electron chi connectivity index (χ3n) is 1.36. The van der Waals surface area contributed by atoms with Gasteiger partial charge in [-0.25, -0.2) is 0 Å². The van der Waals surface area contributed by atoms with Crippen LogP contribution in [-0.2, 0) is 14.3 Å². The number of carbonyl (C=O) groups excluding carboxylic acids is 2. The predicted octanol–water partition coefficient (Wildman–Crippen LogP) is 0.342. The van der Waals surface area contributed by atoms with E-state index in [-0.39, 0.29) is 0 Å². The predicted molar refractivity (Wildman–Crippen MR) is 29.4 cm³/mol. The minimum atomic E-state index is -1.77. The van der Waals surface area contributed by atoms with Gasteiger partial charge in [0.05, 0.1) is 11.8 Å². The molecule has 0 aromatic carbocycles. The van der Waals surface area contributed by atoms with Gasteiger partial charge in [-0.3, -0.25) is 9.59 Å². The van der Waals surface area contributed by atoms with E-state index >= 15 is 0 Å². The van der Waals surface area contributed by atoms with Crippen LogP contribution >= 0.6 is 0 Å². The highest BCUT2D eigenvalue weighted by Crippen LogP contribution is 2.21. The molecule has 0 amide bonds. The smallest absolute Gasteiger partial charge is 0.317 e. The number of hydrogen-bond acceptors (Lipinski definition) is 3. The first-order valence-electron chi connectivity index (χ1n) is 3.57. The van der Waals surface area contributed by atoms with Crippen LogP contribution in [0.4, 0.5) is 0 Å². The van der Waals surface area contributed by atoms with Crippen LogP contribution in [0.5, 0.6) is 0 Å². The molecule has 1 aliphatic heterocycles. The van der Waals surface area contributed by atoms with E-state index in [0.29, 0.717) is 0 Å². The number of carbonyl (C=O) groups is 2. The van der Waals surface area contributed by atoms with Crippen LogP contribution in [0.25, 0.3) is 0 Å². The van der Waals surface area contributed by atoms with Crippen molar-refractivity contribution in [3.8, 4) is 0 Å². The highest BCUT2D eigenvalue weighted by molar-refractivity contribution is 5.95. The van der Waals surface area contributed by atoms with Crippen molar-refractivity contribution in [3.05, 3.63) is 0 Å². The lowest BCUT2D eigenvalue weighted by atomic mass is 10.00. The molecule has 1 fully saturated rings. The van der Waals surface area contributed by atoms with Crippen LogP contribution in [0.3, 0.4) is 0 Å². The summed E-state index contributed by atoms with van der Waals surface area (Å²) < 4.78 is 18.8. The van der Waals surface area contributed by atoms with E-state index in [1.165, 1.54) is 13.8 Å². The Bertz CT molecular complexity index is 208. The van der Waals surface area contributed by atoms with Gasteiger partial charge in [-0.05, 0) is 0 Å². The molecule has 9 heavy (non-hydrogen) atoms. The zero-order chi connectivity index (χ0) is 8.86. The van der Waals surface area contributed by atoms with Crippen LogP contribution < -0.4 is 0 Å². The molecule has 1 rings (SSSR count). The quantitative estimate of drug-likeness (QED) is 0.351. The van der Waals surface area contributed by atoms with E-state index in [1.807, 2.05) is 0 Å². The van der Waals surface area contributed by atoms with Crippen LogP contribution in [0.15, 0.2) is 0 Å². The molecule has 0 aromatic rings. The maximum atomic E-state index is 10.8. The minimum absolute atomic E-state index is 0.944. The molecule has 0 N–H and O–H groups in total. The van der Waals surface area contributed by atoms with Crippen LogP contribution in [0.2, 0.25) is 0 Å². The van der Waals surface area contributed by atoms with Gasteiger partial charge in [0.15, 0.2) is 0 Å². The number of rotatable bonds is 0. The molecule has 0 bridgehead atoms. The summed E-state index contributed by atoms with van der Waals surface area (Å²) in [6.07, 6.45) is 0. The van der Waals surface area contributed by atoms with Gasteiger partial charge in [-0.15, -0.1) is 0 Å². The van der Waals surface area contributed by atoms with Crippen molar-refractivity contribution in [2.24, 2.45) is 11.8 Å². The molecule has 1 aliphatic rings. The fraction of sp³-hybridized carbons (Fsp3) is 0.667. The monoisotopic (exact) mass is 130 g/mol. The molecule has 1 heterocycles. The second-order valence-corrected chi connectivity index (χ2v) is 1.93. The molecule has 50 valence electrons. The molecule has 3 heteroatoms. The van der Waals surface area contributed by atoms with Gasteiger partial charge >= 0.3 is 11.9 Å². The molecule has 2 unspecified atom stereocenters. The van der Waals surface area contributed by atoms with Crippen molar-refractivity contribution < 1.29 is 17.1 Å². The van der Waals surface area contributed by atoms with Crippen LogP contribution in [0, 0.1) is 11.8 Å². The van der Waals surface area contributed by atoms with Crippen molar-refractivity contribution in [1.29, 1.82) is 0 Å². The zero-order valence-corrected chi connectivity index (χ0v) is 5.22. The molecule has 0 spiro atoms. The average Bonchev–Trinajstić information content (AvgIpc) is 1.95. The van der Waals surface area contributed by atoms with Gasteiger partial charge in [0.1, 0.15) is 0 Å². The molecule has 0 radical (unpaired) electrons. The standard InChI is InChI=1S/C6H8O3/c1-3-4(2)6(8)9-5(3)7/h3-4H,1-2H3/i3D,4D. The summed E-state index contributed by atoms with van der Waals surface area (Å²) in [5.41, 5.74) is 0. The van der Waals surface area contributed by atoms with Crippen molar-refractivity contribution in [2.45, 2.75) is 13.8 Å². The Hall–Kier alpha value is -0.860. The van der Waals surface area contributed by atoms with Gasteiger partial charge in [0.2, 0.25) is 0 Å². The summed E-state index contributed by atoms with van der Waals surface area (Å²) in [5.74, 6) is -5.44. The first-order chi connectivity index (χ1) is 4.80. The van der Waals surface area contributed by atoms with Crippen molar-refractivity contribution in [2.75, 3.05) is 0 Å². The molecule has 0 saturated carbocycles. The Morgan fingerprint density at radius 2 is 1.67 bits per heavy atom. The van der Waals surface area contributed by atoms with Gasteiger partial charge in [0.25, 0.3) is 0 Å². The van der Waals surface area contributed by atoms with Crippen LogP contribution in [0.1, 0.15) is 16.6 Å². The van der Waals surface area contributed by atoms with E-state index in [1.54, 1.807) is 0 Å². The van der Waals surface area contributed by atoms with E-state index < -0.39 is 23.7 Å². The lowest BCUT2D eigenvalue weighted by Crippen LogP contribution is -2.09. The first-order valence-corrected chi connectivity index (χ1v) is 2.57. The normalized spacial score (nSPS) is 54.4. The third-order valence-corrected chi connectivity index (χ3v) is 1.36. The molecule has 0 aliphatic carbocycles. The molecule has 3 nitrogen and oxygen atoms in total. The summed E-state index contributed by atoms with van der Waals surface area (Å²) in [6, 6.07) is 0. The first kappa shape index (κ1) is 4.04. The number of ether oxygens (including phenoxy) is 1. The van der Waals surface area contributed by atoms with Crippen molar-refractivity contribution in [1.82, 2.24) is 0 Å². The topological polar surface area (TPSA) is 43.4 Å². The SMILES string of the molecule is [2H]C1(C)C(=O)OC(=O)C1([2H])C. The zero-order valence-electron chi connectivity index (χ0n) is 7.22. The van der Waals surface area contributed by atoms with Crippen molar-refractivity contribution >= 4 is 11.9 Å². The summed E-state index contributed by atoms with van der Waals surface area (Å²) in [5, 5.41) is 0. The van der Waals surface area contributed by atoms with Gasteiger partial charge < -0.3 is 4.74 Å². The Morgan fingerprint density at radius 1 is 1.33 bits per heavy atom. The fourth-order valence-corrected chi connectivity index (χ4v) is 0.543. The number of hydrogen-bond donors (Lipinski definition) is 0. The minimum Gasteiger partial charge on any atom is -0.393 e. The fourth-order valence-electron chi connectivity index (χ4n) is 0.543. The van der Waals surface area contributed by atoms with E-state index in [4.69, 9.17) is 2.74 Å². The van der Waals surface area contributed by atoms with Gasteiger partial charge in [0, 0.05) is 2.74 Å². The van der Waals surface area contributed by atoms with E-state index in [0.717, 1.165) is 0 Å². The Kier molecular flexibility index (Phi) is 0.819. The Labute approximate surface area is 55.8 Å². The molecule has 2 atom stereocenters. The maximum absolute atomic E-state index is 10.8. The average molecular weight is 130 g/mol. The summed E-state index contributed by atoms with van der Waals surface area (Å²) in [4.78, 5) is 21.5. The summed E-state index contributed by atoms with van der Waals surface area (Å²) in [7, 11) is 0. The molecular formula is C6H8O3. The summed E-state index contributed by atoms with van der Waals surface area (Å²) >= 11 is 0. The van der Waals surface area contributed by atoms with Gasteiger partial charge in [-0.2, -0.15) is 0 Å². The molecular weight excluding hydrogens is 120 g/mol. The largest absolute Gasteiger partial charge is 0.393 e. The Balaban J connectivity index is 3.15. The highest BCUT2D eigenvalue weighted by atomic mass is 16.6. The number of cyclic esters (lactones) is 2. The second kappa shape index (κ2) is 1.83. The van der Waals surface area contributed by atoms with E-state index in [2.05, 4.69) is 4.74 Å². The van der Waals surface area contributed by atoms with Crippen LogP contribution in [-0.4, -0.2) is 11.9 Å². The third kappa shape index (κ3) is 0.823.